The van der Waals surface area contributed by atoms with Gasteiger partial charge < -0.3 is 10.1 Å². The summed E-state index contributed by atoms with van der Waals surface area (Å²) in [7, 11) is 1.21. The number of amides is 2. The molecule has 0 saturated carbocycles. The maximum absolute atomic E-state index is 12.2. The molecule has 0 spiro atoms. The van der Waals surface area contributed by atoms with Crippen molar-refractivity contribution < 1.29 is 29.0 Å². The number of nitrogens with one attached hydrogen (secondary N) is 2. The van der Waals surface area contributed by atoms with Crippen LogP contribution in [0.5, 0.6) is 0 Å². The zero-order valence-electron chi connectivity index (χ0n) is 17.6. The fourth-order valence-electron chi connectivity index (χ4n) is 2.70. The SMILES string of the molecule is COC(=O)c1ccccc1NC(=O)CC(C)=NNC(=O)Cc1ccc([N+](=O)[O-])cc1[N+](=O)[O-]. The first-order valence-electron chi connectivity index (χ1n) is 9.33. The zero-order valence-corrected chi connectivity index (χ0v) is 17.6. The summed E-state index contributed by atoms with van der Waals surface area (Å²) in [6, 6.07) is 9.20. The number of methoxy groups -OCH3 is 1. The molecule has 0 unspecified atom stereocenters. The minimum Gasteiger partial charge on any atom is -0.465 e. The zero-order chi connectivity index (χ0) is 24.5. The van der Waals surface area contributed by atoms with Gasteiger partial charge in [-0.05, 0) is 25.1 Å². The molecule has 0 heterocycles. The number of carbonyl (C=O) groups excluding carboxylic acids is 3. The normalized spacial score (nSPS) is 10.8. The molecule has 2 aromatic rings. The minimum absolute atomic E-state index is 0.0342. The third-order valence-corrected chi connectivity index (χ3v) is 4.22. The molecule has 0 radical (unpaired) electrons. The summed E-state index contributed by atoms with van der Waals surface area (Å²) >= 11 is 0. The van der Waals surface area contributed by atoms with Gasteiger partial charge in [0.1, 0.15) is 0 Å². The van der Waals surface area contributed by atoms with Crippen LogP contribution in [0.1, 0.15) is 29.3 Å². The van der Waals surface area contributed by atoms with Crippen molar-refractivity contribution in [3.63, 3.8) is 0 Å². The molecule has 2 aromatic carbocycles. The lowest BCUT2D eigenvalue weighted by molar-refractivity contribution is -0.394. The van der Waals surface area contributed by atoms with E-state index in [4.69, 9.17) is 0 Å². The van der Waals surface area contributed by atoms with E-state index in [0.717, 1.165) is 18.2 Å². The first kappa shape index (κ1) is 24.6. The molecule has 33 heavy (non-hydrogen) atoms. The molecular formula is C20H19N5O8. The molecule has 172 valence electrons. The van der Waals surface area contributed by atoms with Crippen molar-refractivity contribution in [2.75, 3.05) is 12.4 Å². The van der Waals surface area contributed by atoms with Crippen LogP contribution in [0.4, 0.5) is 17.1 Å². The Labute approximate surface area is 186 Å². The number of nitro benzene ring substituents is 2. The number of hydrogen-bond donors (Lipinski definition) is 2. The number of hydrogen-bond acceptors (Lipinski definition) is 9. The molecule has 0 aliphatic heterocycles. The first-order valence-corrected chi connectivity index (χ1v) is 9.33. The number of carbonyl (C=O) groups is 3. The van der Waals surface area contributed by atoms with Crippen LogP contribution in [-0.4, -0.2) is 40.5 Å². The number of anilines is 1. The Kier molecular flexibility index (Phi) is 8.26. The molecule has 0 aliphatic carbocycles. The highest BCUT2D eigenvalue weighted by molar-refractivity contribution is 6.08. The van der Waals surface area contributed by atoms with Gasteiger partial charge in [-0.15, -0.1) is 0 Å². The van der Waals surface area contributed by atoms with Crippen molar-refractivity contribution in [3.05, 3.63) is 73.8 Å². The number of non-ortho nitro benzene ring substituents is 1. The van der Waals surface area contributed by atoms with E-state index >= 15 is 0 Å². The second-order valence-corrected chi connectivity index (χ2v) is 6.65. The molecular weight excluding hydrogens is 438 g/mol. The highest BCUT2D eigenvalue weighted by Crippen LogP contribution is 2.25. The topological polar surface area (TPSA) is 183 Å². The molecule has 0 fully saturated rings. The van der Waals surface area contributed by atoms with Crippen molar-refractivity contribution in [1.29, 1.82) is 0 Å². The van der Waals surface area contributed by atoms with E-state index < -0.39 is 45.4 Å². The molecule has 0 saturated heterocycles. The molecule has 2 N–H and O–H groups in total. The summed E-state index contributed by atoms with van der Waals surface area (Å²) in [5, 5.41) is 28.3. The second-order valence-electron chi connectivity index (χ2n) is 6.65. The van der Waals surface area contributed by atoms with Gasteiger partial charge in [-0.3, -0.25) is 29.8 Å². The maximum atomic E-state index is 12.2. The first-order chi connectivity index (χ1) is 15.6. The summed E-state index contributed by atoms with van der Waals surface area (Å²) in [6.07, 6.45) is -0.669. The Morgan fingerprint density at radius 1 is 1.03 bits per heavy atom. The molecule has 0 aliphatic rings. The van der Waals surface area contributed by atoms with Gasteiger partial charge in [0.2, 0.25) is 11.8 Å². The summed E-state index contributed by atoms with van der Waals surface area (Å²) in [5.74, 6) is -1.85. The van der Waals surface area contributed by atoms with Crippen LogP contribution in [0.2, 0.25) is 0 Å². The van der Waals surface area contributed by atoms with Crippen LogP contribution in [0.25, 0.3) is 0 Å². The number of rotatable bonds is 9. The third kappa shape index (κ3) is 6.92. The number of hydrazone groups is 1. The number of nitrogens with zero attached hydrogens (tertiary/aromatic N) is 3. The van der Waals surface area contributed by atoms with Crippen LogP contribution >= 0.6 is 0 Å². The van der Waals surface area contributed by atoms with Crippen LogP contribution in [0.15, 0.2) is 47.6 Å². The third-order valence-electron chi connectivity index (χ3n) is 4.22. The summed E-state index contributed by atoms with van der Waals surface area (Å²) in [6.45, 7) is 1.47. The summed E-state index contributed by atoms with van der Waals surface area (Å²) in [4.78, 5) is 56.5. The Morgan fingerprint density at radius 2 is 1.73 bits per heavy atom. The Morgan fingerprint density at radius 3 is 2.36 bits per heavy atom. The Hall–Kier alpha value is -4.68. The fourth-order valence-corrected chi connectivity index (χ4v) is 2.70. The Bertz CT molecular complexity index is 1150. The van der Waals surface area contributed by atoms with Crippen LogP contribution in [-0.2, 0) is 20.7 Å². The van der Waals surface area contributed by atoms with E-state index in [-0.39, 0.29) is 28.9 Å². The second kappa shape index (κ2) is 11.1. The van der Waals surface area contributed by atoms with Crippen molar-refractivity contribution in [3.8, 4) is 0 Å². The lowest BCUT2D eigenvalue weighted by Gasteiger charge is -2.09. The number of nitro groups is 2. The van der Waals surface area contributed by atoms with Gasteiger partial charge >= 0.3 is 5.97 Å². The van der Waals surface area contributed by atoms with Gasteiger partial charge in [-0.2, -0.15) is 5.10 Å². The van der Waals surface area contributed by atoms with Crippen molar-refractivity contribution in [2.45, 2.75) is 19.8 Å². The largest absolute Gasteiger partial charge is 0.465 e. The quantitative estimate of drug-likeness (QED) is 0.249. The molecule has 13 heteroatoms. The van der Waals surface area contributed by atoms with Gasteiger partial charge in [-0.1, -0.05) is 12.1 Å². The number of esters is 1. The van der Waals surface area contributed by atoms with Gasteiger partial charge in [0.05, 0.1) is 47.1 Å². The predicted octanol–water partition coefficient (Wildman–Crippen LogP) is 2.35. The van der Waals surface area contributed by atoms with Crippen molar-refractivity contribution in [2.24, 2.45) is 5.10 Å². The molecule has 0 bridgehead atoms. The number of para-hydroxylation sites is 1. The average molecular weight is 457 g/mol. The van der Waals surface area contributed by atoms with E-state index in [0.29, 0.717) is 0 Å². The van der Waals surface area contributed by atoms with Gasteiger partial charge in [0.25, 0.3) is 11.4 Å². The van der Waals surface area contributed by atoms with Crippen LogP contribution in [0.3, 0.4) is 0 Å². The standard InChI is InChI=1S/C20H19N5O8/c1-12(9-18(26)21-16-6-4-3-5-15(16)20(28)33-2)22-23-19(27)10-13-7-8-14(24(29)30)11-17(13)25(31)32/h3-8,11H,9-10H2,1-2H3,(H,21,26)(H,23,27). The monoisotopic (exact) mass is 457 g/mol. The van der Waals surface area contributed by atoms with E-state index in [1.165, 1.54) is 26.2 Å². The average Bonchev–Trinajstić information content (AvgIpc) is 2.77. The molecule has 13 nitrogen and oxygen atoms in total. The van der Waals surface area contributed by atoms with Gasteiger partial charge in [-0.25, -0.2) is 10.2 Å². The highest BCUT2D eigenvalue weighted by Gasteiger charge is 2.21. The predicted molar refractivity (Wildman–Crippen MR) is 116 cm³/mol. The highest BCUT2D eigenvalue weighted by atomic mass is 16.6. The summed E-state index contributed by atoms with van der Waals surface area (Å²) in [5.41, 5.74) is 1.74. The number of ether oxygens (including phenoxy) is 1. The van der Waals surface area contributed by atoms with Crippen LogP contribution in [0, 0.1) is 20.2 Å². The lowest BCUT2D eigenvalue weighted by Crippen LogP contribution is -2.23. The Balaban J connectivity index is 2.00. The number of benzene rings is 2. The molecule has 0 atom stereocenters. The fraction of sp³-hybridized carbons (Fsp3) is 0.200. The van der Waals surface area contributed by atoms with Crippen LogP contribution < -0.4 is 10.7 Å². The molecule has 2 amide bonds. The van der Waals surface area contributed by atoms with E-state index in [2.05, 4.69) is 20.6 Å². The van der Waals surface area contributed by atoms with E-state index in [9.17, 15) is 34.6 Å². The van der Waals surface area contributed by atoms with Crippen molar-refractivity contribution >= 4 is 40.6 Å². The van der Waals surface area contributed by atoms with Crippen molar-refractivity contribution in [1.82, 2.24) is 5.43 Å². The molecule has 2 rings (SSSR count). The summed E-state index contributed by atoms with van der Waals surface area (Å²) < 4.78 is 4.66. The van der Waals surface area contributed by atoms with Gasteiger partial charge in [0, 0.05) is 17.3 Å². The minimum atomic E-state index is -0.819. The smallest absolute Gasteiger partial charge is 0.339 e. The lowest BCUT2D eigenvalue weighted by atomic mass is 10.1. The maximum Gasteiger partial charge on any atom is 0.339 e. The van der Waals surface area contributed by atoms with Gasteiger partial charge in [0.15, 0.2) is 0 Å². The van der Waals surface area contributed by atoms with E-state index in [1.807, 2.05) is 0 Å². The van der Waals surface area contributed by atoms with E-state index in [1.54, 1.807) is 12.1 Å². The molecule has 0 aromatic heterocycles.